The first-order valence-corrected chi connectivity index (χ1v) is 8.71. The van der Waals surface area contributed by atoms with Crippen LogP contribution in [0, 0.1) is 0 Å². The van der Waals surface area contributed by atoms with E-state index in [2.05, 4.69) is 21.2 Å². The SMILES string of the molecule is O=C(CSc1ccc(Br)cc1)Nc1cc(C(F)(F)F)cc(C(F)(F)F)c1. The van der Waals surface area contributed by atoms with Crippen LogP contribution < -0.4 is 5.32 Å². The average molecular weight is 458 g/mol. The number of thioether (sulfide) groups is 1. The van der Waals surface area contributed by atoms with E-state index in [1.54, 1.807) is 24.3 Å². The van der Waals surface area contributed by atoms with Crippen LogP contribution in [0.15, 0.2) is 51.8 Å². The maximum Gasteiger partial charge on any atom is 0.416 e. The highest BCUT2D eigenvalue weighted by Gasteiger charge is 2.37. The molecule has 0 aliphatic carbocycles. The summed E-state index contributed by atoms with van der Waals surface area (Å²) in [5.41, 5.74) is -3.53. The third-order valence-corrected chi connectivity index (χ3v) is 4.60. The quantitative estimate of drug-likeness (QED) is 0.436. The summed E-state index contributed by atoms with van der Waals surface area (Å²) in [6.07, 6.45) is -9.93. The van der Waals surface area contributed by atoms with E-state index < -0.39 is 35.1 Å². The first kappa shape index (κ1) is 20.6. The molecule has 0 fully saturated rings. The second-order valence-corrected chi connectivity index (χ2v) is 7.05. The van der Waals surface area contributed by atoms with Crippen LogP contribution in [0.3, 0.4) is 0 Å². The molecule has 0 aliphatic heterocycles. The standard InChI is InChI=1S/C16H10BrF6NOS/c17-11-1-3-13(4-2-11)26-8-14(25)24-12-6-9(15(18,19)20)5-10(7-12)16(21,22)23/h1-7H,8H2,(H,24,25). The first-order valence-electron chi connectivity index (χ1n) is 6.93. The van der Waals surface area contributed by atoms with Gasteiger partial charge in [-0.2, -0.15) is 26.3 Å². The zero-order valence-corrected chi connectivity index (χ0v) is 15.1. The molecule has 0 saturated heterocycles. The molecule has 0 saturated carbocycles. The number of hydrogen-bond acceptors (Lipinski definition) is 2. The number of alkyl halides is 6. The number of anilines is 1. The van der Waals surface area contributed by atoms with Gasteiger partial charge in [0.2, 0.25) is 5.91 Å². The van der Waals surface area contributed by atoms with Gasteiger partial charge in [-0.05, 0) is 42.5 Å². The third-order valence-electron chi connectivity index (χ3n) is 3.05. The molecule has 1 N–H and O–H groups in total. The van der Waals surface area contributed by atoms with Crippen LogP contribution in [0.5, 0.6) is 0 Å². The van der Waals surface area contributed by atoms with E-state index in [0.717, 1.165) is 21.1 Å². The highest BCUT2D eigenvalue weighted by Crippen LogP contribution is 2.37. The number of carbonyl (C=O) groups is 1. The topological polar surface area (TPSA) is 29.1 Å². The summed E-state index contributed by atoms with van der Waals surface area (Å²) in [7, 11) is 0. The maximum atomic E-state index is 12.8. The zero-order valence-electron chi connectivity index (χ0n) is 12.7. The third kappa shape index (κ3) is 5.94. The lowest BCUT2D eigenvalue weighted by molar-refractivity contribution is -0.143. The Hall–Kier alpha value is -1.68. The Bertz CT molecular complexity index is 757. The van der Waals surface area contributed by atoms with Crippen molar-refractivity contribution >= 4 is 39.3 Å². The maximum absolute atomic E-state index is 12.8. The summed E-state index contributed by atoms with van der Waals surface area (Å²) in [6.45, 7) is 0. The molecule has 0 heterocycles. The van der Waals surface area contributed by atoms with Gasteiger partial charge >= 0.3 is 12.4 Å². The molecule has 0 unspecified atom stereocenters. The Balaban J connectivity index is 2.14. The largest absolute Gasteiger partial charge is 0.416 e. The lowest BCUT2D eigenvalue weighted by Gasteiger charge is -2.14. The van der Waals surface area contributed by atoms with E-state index in [-0.39, 0.29) is 11.8 Å². The predicted molar refractivity (Wildman–Crippen MR) is 89.9 cm³/mol. The number of halogens is 7. The molecule has 0 bridgehead atoms. The molecule has 26 heavy (non-hydrogen) atoms. The van der Waals surface area contributed by atoms with Gasteiger partial charge in [0.05, 0.1) is 16.9 Å². The van der Waals surface area contributed by atoms with Gasteiger partial charge in [-0.1, -0.05) is 15.9 Å². The second kappa shape index (κ2) is 7.91. The molecule has 0 atom stereocenters. The summed E-state index contributed by atoms with van der Waals surface area (Å²) in [4.78, 5) is 12.6. The molecule has 1 amide bonds. The van der Waals surface area contributed by atoms with Crippen molar-refractivity contribution < 1.29 is 31.1 Å². The number of amides is 1. The van der Waals surface area contributed by atoms with Crippen LogP contribution in [-0.2, 0) is 17.1 Å². The summed E-state index contributed by atoms with van der Waals surface area (Å²) in [6, 6.07) is 7.86. The molecular formula is C16H10BrF6NOS. The molecule has 0 aliphatic rings. The summed E-state index contributed by atoms with van der Waals surface area (Å²) in [5.74, 6) is -0.885. The summed E-state index contributed by atoms with van der Waals surface area (Å²) in [5, 5.41) is 2.08. The van der Waals surface area contributed by atoms with Crippen molar-refractivity contribution in [1.29, 1.82) is 0 Å². The minimum absolute atomic E-state index is 0.00619. The lowest BCUT2D eigenvalue weighted by Crippen LogP contribution is -2.17. The van der Waals surface area contributed by atoms with Gasteiger partial charge in [0.25, 0.3) is 0 Å². The average Bonchev–Trinajstić information content (AvgIpc) is 2.52. The van der Waals surface area contributed by atoms with Crippen LogP contribution in [0.4, 0.5) is 32.0 Å². The molecule has 140 valence electrons. The number of benzene rings is 2. The molecule has 2 nitrogen and oxygen atoms in total. The lowest BCUT2D eigenvalue weighted by atomic mass is 10.1. The Morgan fingerprint density at radius 3 is 1.88 bits per heavy atom. The fraction of sp³-hybridized carbons (Fsp3) is 0.188. The molecule has 10 heteroatoms. The first-order chi connectivity index (χ1) is 11.9. The number of carbonyl (C=O) groups excluding carboxylic acids is 1. The summed E-state index contributed by atoms with van der Waals surface area (Å²) >= 11 is 4.34. The molecule has 2 rings (SSSR count). The van der Waals surface area contributed by atoms with E-state index in [1.807, 2.05) is 0 Å². The zero-order chi connectivity index (χ0) is 19.5. The van der Waals surface area contributed by atoms with Crippen LogP contribution in [0.1, 0.15) is 11.1 Å². The van der Waals surface area contributed by atoms with Gasteiger partial charge in [-0.3, -0.25) is 4.79 Å². The monoisotopic (exact) mass is 457 g/mol. The highest BCUT2D eigenvalue weighted by molar-refractivity contribution is 9.10. The van der Waals surface area contributed by atoms with Crippen molar-refractivity contribution in [3.63, 3.8) is 0 Å². The van der Waals surface area contributed by atoms with Gasteiger partial charge in [0.1, 0.15) is 0 Å². The van der Waals surface area contributed by atoms with E-state index in [0.29, 0.717) is 12.1 Å². The molecule has 2 aromatic rings. The minimum atomic E-state index is -4.97. The number of rotatable bonds is 4. The second-order valence-electron chi connectivity index (χ2n) is 5.09. The Kier molecular flexibility index (Phi) is 6.28. The van der Waals surface area contributed by atoms with Crippen molar-refractivity contribution in [2.24, 2.45) is 0 Å². The number of nitrogens with one attached hydrogen (secondary N) is 1. The van der Waals surface area contributed by atoms with Gasteiger partial charge in [0, 0.05) is 15.1 Å². The Morgan fingerprint density at radius 2 is 1.42 bits per heavy atom. The van der Waals surface area contributed by atoms with Gasteiger partial charge in [-0.25, -0.2) is 0 Å². The minimum Gasteiger partial charge on any atom is -0.325 e. The molecule has 0 radical (unpaired) electrons. The normalized spacial score (nSPS) is 12.1. The van der Waals surface area contributed by atoms with Gasteiger partial charge in [-0.15, -0.1) is 11.8 Å². The van der Waals surface area contributed by atoms with Crippen LogP contribution in [-0.4, -0.2) is 11.7 Å². The van der Waals surface area contributed by atoms with E-state index in [9.17, 15) is 31.1 Å². The van der Waals surface area contributed by atoms with Crippen molar-refractivity contribution in [2.75, 3.05) is 11.1 Å². The van der Waals surface area contributed by atoms with Crippen LogP contribution in [0.2, 0.25) is 0 Å². The van der Waals surface area contributed by atoms with E-state index >= 15 is 0 Å². The Morgan fingerprint density at radius 1 is 0.923 bits per heavy atom. The van der Waals surface area contributed by atoms with Crippen LogP contribution in [0.25, 0.3) is 0 Å². The van der Waals surface area contributed by atoms with Gasteiger partial charge in [0.15, 0.2) is 0 Å². The fourth-order valence-corrected chi connectivity index (χ4v) is 2.87. The van der Waals surface area contributed by atoms with Crippen molar-refractivity contribution in [3.8, 4) is 0 Å². The predicted octanol–water partition coefficient (Wildman–Crippen LogP) is 6.22. The van der Waals surface area contributed by atoms with Crippen molar-refractivity contribution in [2.45, 2.75) is 17.2 Å². The molecule has 0 aromatic heterocycles. The molecular weight excluding hydrogens is 448 g/mol. The summed E-state index contributed by atoms with van der Waals surface area (Å²) < 4.78 is 77.6. The number of hydrogen-bond donors (Lipinski definition) is 1. The van der Waals surface area contributed by atoms with Crippen molar-refractivity contribution in [3.05, 3.63) is 58.1 Å². The van der Waals surface area contributed by atoms with Crippen LogP contribution >= 0.6 is 27.7 Å². The molecule has 2 aromatic carbocycles. The fourth-order valence-electron chi connectivity index (χ4n) is 1.90. The van der Waals surface area contributed by atoms with Gasteiger partial charge < -0.3 is 5.32 Å². The van der Waals surface area contributed by atoms with E-state index in [1.165, 1.54) is 0 Å². The van der Waals surface area contributed by atoms with E-state index in [4.69, 9.17) is 0 Å². The van der Waals surface area contributed by atoms with Crippen molar-refractivity contribution in [1.82, 2.24) is 0 Å². The highest BCUT2D eigenvalue weighted by atomic mass is 79.9. The smallest absolute Gasteiger partial charge is 0.325 e. The molecule has 0 spiro atoms. The Labute approximate surface area is 157 Å².